The monoisotopic (exact) mass is 371 g/mol. The molecule has 1 saturated carbocycles. The van der Waals surface area contributed by atoms with Crippen LogP contribution >= 0.6 is 0 Å². The molecule has 1 aromatic rings. The summed E-state index contributed by atoms with van der Waals surface area (Å²) in [7, 11) is 0. The molecule has 0 bridgehead atoms. The third kappa shape index (κ3) is 4.82. The SMILES string of the molecule is CC(C)c1ccc(C(NC(=O)N2CCN(C(=O)C3CC3)CC2)C(C)C)cc1. The van der Waals surface area contributed by atoms with E-state index in [0.29, 0.717) is 38.0 Å². The number of nitrogens with zero attached hydrogens (tertiary/aromatic N) is 2. The first-order chi connectivity index (χ1) is 12.9. The fourth-order valence-corrected chi connectivity index (χ4v) is 3.67. The lowest BCUT2D eigenvalue weighted by atomic mass is 9.93. The van der Waals surface area contributed by atoms with Gasteiger partial charge in [-0.05, 0) is 35.8 Å². The summed E-state index contributed by atoms with van der Waals surface area (Å²) < 4.78 is 0. The summed E-state index contributed by atoms with van der Waals surface area (Å²) in [6.45, 7) is 11.2. The maximum atomic E-state index is 12.8. The van der Waals surface area contributed by atoms with E-state index in [1.54, 1.807) is 0 Å². The van der Waals surface area contributed by atoms with Gasteiger partial charge in [-0.3, -0.25) is 4.79 Å². The van der Waals surface area contributed by atoms with E-state index in [9.17, 15) is 9.59 Å². The van der Waals surface area contributed by atoms with Crippen LogP contribution in [0.3, 0.4) is 0 Å². The summed E-state index contributed by atoms with van der Waals surface area (Å²) in [5, 5.41) is 3.21. The minimum atomic E-state index is -0.0276. The van der Waals surface area contributed by atoms with Gasteiger partial charge in [-0.1, -0.05) is 52.0 Å². The molecule has 0 radical (unpaired) electrons. The van der Waals surface area contributed by atoms with Crippen LogP contribution in [0.25, 0.3) is 0 Å². The quantitative estimate of drug-likeness (QED) is 0.856. The number of amides is 3. The Hall–Kier alpha value is -2.04. The van der Waals surface area contributed by atoms with Gasteiger partial charge in [0, 0.05) is 32.1 Å². The van der Waals surface area contributed by atoms with Gasteiger partial charge >= 0.3 is 6.03 Å². The van der Waals surface area contributed by atoms with E-state index >= 15 is 0 Å². The number of hydrogen-bond acceptors (Lipinski definition) is 2. The summed E-state index contributed by atoms with van der Waals surface area (Å²) in [6, 6.07) is 8.54. The van der Waals surface area contributed by atoms with Gasteiger partial charge in [0.05, 0.1) is 6.04 Å². The molecule has 1 N–H and O–H groups in total. The van der Waals surface area contributed by atoms with Crippen LogP contribution in [-0.2, 0) is 4.79 Å². The standard InChI is InChI=1S/C22H33N3O2/c1-15(2)17-5-7-18(8-6-17)20(16(3)4)23-22(27)25-13-11-24(12-14-25)21(26)19-9-10-19/h5-8,15-16,19-20H,9-14H2,1-4H3,(H,23,27). The fourth-order valence-electron chi connectivity index (χ4n) is 3.67. The van der Waals surface area contributed by atoms with Gasteiger partial charge in [0.1, 0.15) is 0 Å². The van der Waals surface area contributed by atoms with Gasteiger partial charge in [0.25, 0.3) is 0 Å². The number of hydrogen-bond donors (Lipinski definition) is 1. The second-order valence-corrected chi connectivity index (χ2v) is 8.58. The van der Waals surface area contributed by atoms with Crippen molar-refractivity contribution in [2.24, 2.45) is 11.8 Å². The summed E-state index contributed by atoms with van der Waals surface area (Å²) in [5.74, 6) is 1.34. The second kappa shape index (κ2) is 8.32. The van der Waals surface area contributed by atoms with E-state index in [1.165, 1.54) is 5.56 Å². The molecule has 27 heavy (non-hydrogen) atoms. The lowest BCUT2D eigenvalue weighted by molar-refractivity contribution is -0.133. The summed E-state index contributed by atoms with van der Waals surface area (Å²) >= 11 is 0. The molecule has 2 fully saturated rings. The predicted molar refractivity (Wildman–Crippen MR) is 108 cm³/mol. The largest absolute Gasteiger partial charge is 0.339 e. The van der Waals surface area contributed by atoms with Crippen molar-refractivity contribution in [1.82, 2.24) is 15.1 Å². The molecule has 148 valence electrons. The van der Waals surface area contributed by atoms with Crippen molar-refractivity contribution < 1.29 is 9.59 Å². The Bertz CT molecular complexity index is 657. The molecule has 1 heterocycles. The number of carbonyl (C=O) groups excluding carboxylic acids is 2. The Morgan fingerprint density at radius 3 is 1.89 bits per heavy atom. The van der Waals surface area contributed by atoms with Crippen LogP contribution in [0.4, 0.5) is 4.79 Å². The molecular weight excluding hydrogens is 338 g/mol. The number of nitrogens with one attached hydrogen (secondary N) is 1. The molecule has 1 saturated heterocycles. The lowest BCUT2D eigenvalue weighted by Crippen LogP contribution is -2.54. The van der Waals surface area contributed by atoms with Crippen LogP contribution in [0.1, 0.15) is 63.6 Å². The van der Waals surface area contributed by atoms with Gasteiger partial charge in [0.15, 0.2) is 0 Å². The lowest BCUT2D eigenvalue weighted by Gasteiger charge is -2.36. The third-order valence-corrected chi connectivity index (χ3v) is 5.71. The number of carbonyl (C=O) groups is 2. The average Bonchev–Trinajstić information content (AvgIpc) is 3.50. The van der Waals surface area contributed by atoms with E-state index in [4.69, 9.17) is 0 Å². The van der Waals surface area contributed by atoms with Crippen molar-refractivity contribution in [2.45, 2.75) is 52.5 Å². The highest BCUT2D eigenvalue weighted by Gasteiger charge is 2.35. The highest BCUT2D eigenvalue weighted by Crippen LogP contribution is 2.31. The summed E-state index contributed by atoms with van der Waals surface area (Å²) in [4.78, 5) is 28.7. The van der Waals surface area contributed by atoms with Crippen LogP contribution in [0, 0.1) is 11.8 Å². The Morgan fingerprint density at radius 2 is 1.41 bits per heavy atom. The van der Waals surface area contributed by atoms with E-state index in [2.05, 4.69) is 57.3 Å². The third-order valence-electron chi connectivity index (χ3n) is 5.71. The van der Waals surface area contributed by atoms with Crippen LogP contribution in [-0.4, -0.2) is 47.9 Å². The molecular formula is C22H33N3O2. The number of urea groups is 1. The van der Waals surface area contributed by atoms with Crippen LogP contribution in [0.5, 0.6) is 0 Å². The van der Waals surface area contributed by atoms with Gasteiger partial charge in [-0.2, -0.15) is 0 Å². The van der Waals surface area contributed by atoms with Gasteiger partial charge in [0.2, 0.25) is 5.91 Å². The number of benzene rings is 1. The van der Waals surface area contributed by atoms with Crippen molar-refractivity contribution in [2.75, 3.05) is 26.2 Å². The fraction of sp³-hybridized carbons (Fsp3) is 0.636. The maximum absolute atomic E-state index is 12.8. The first-order valence-electron chi connectivity index (χ1n) is 10.3. The minimum absolute atomic E-state index is 0.00941. The molecule has 5 heteroatoms. The molecule has 3 rings (SSSR count). The zero-order valence-electron chi connectivity index (χ0n) is 17.1. The molecule has 1 aliphatic heterocycles. The normalized spacial score (nSPS) is 18.7. The van der Waals surface area contributed by atoms with Crippen LogP contribution in [0.15, 0.2) is 24.3 Å². The van der Waals surface area contributed by atoms with Gasteiger partial charge < -0.3 is 15.1 Å². The molecule has 2 aliphatic rings. The smallest absolute Gasteiger partial charge is 0.318 e. The average molecular weight is 372 g/mol. The maximum Gasteiger partial charge on any atom is 0.318 e. The second-order valence-electron chi connectivity index (χ2n) is 8.58. The molecule has 0 spiro atoms. The molecule has 1 aliphatic carbocycles. The highest BCUT2D eigenvalue weighted by atomic mass is 16.2. The minimum Gasteiger partial charge on any atom is -0.339 e. The van der Waals surface area contributed by atoms with E-state index in [-0.39, 0.29) is 23.9 Å². The van der Waals surface area contributed by atoms with Gasteiger partial charge in [-0.15, -0.1) is 0 Å². The predicted octanol–water partition coefficient (Wildman–Crippen LogP) is 3.77. The molecule has 0 aromatic heterocycles. The van der Waals surface area contributed by atoms with E-state index < -0.39 is 0 Å². The Balaban J connectivity index is 1.58. The zero-order chi connectivity index (χ0) is 19.6. The Kier molecular flexibility index (Phi) is 6.08. The van der Waals surface area contributed by atoms with Crippen molar-refractivity contribution >= 4 is 11.9 Å². The first-order valence-corrected chi connectivity index (χ1v) is 10.3. The topological polar surface area (TPSA) is 52.7 Å². The Morgan fingerprint density at radius 1 is 0.889 bits per heavy atom. The van der Waals surface area contributed by atoms with Gasteiger partial charge in [-0.25, -0.2) is 4.79 Å². The molecule has 1 aromatic carbocycles. The first kappa shape index (κ1) is 19.7. The molecule has 1 atom stereocenters. The van der Waals surface area contributed by atoms with Crippen LogP contribution < -0.4 is 5.32 Å². The molecule has 3 amide bonds. The van der Waals surface area contributed by atoms with E-state index in [0.717, 1.165) is 18.4 Å². The highest BCUT2D eigenvalue weighted by molar-refractivity contribution is 5.81. The van der Waals surface area contributed by atoms with Crippen molar-refractivity contribution in [3.05, 3.63) is 35.4 Å². The molecule has 1 unspecified atom stereocenters. The Labute approximate surface area is 163 Å². The van der Waals surface area contributed by atoms with Crippen molar-refractivity contribution in [3.8, 4) is 0 Å². The van der Waals surface area contributed by atoms with Crippen molar-refractivity contribution in [1.29, 1.82) is 0 Å². The number of piperazine rings is 1. The summed E-state index contributed by atoms with van der Waals surface area (Å²) in [6.07, 6.45) is 2.07. The van der Waals surface area contributed by atoms with E-state index in [1.807, 2.05) is 9.80 Å². The summed E-state index contributed by atoms with van der Waals surface area (Å²) in [5.41, 5.74) is 2.45. The number of rotatable bonds is 5. The molecule has 5 nitrogen and oxygen atoms in total. The van der Waals surface area contributed by atoms with Crippen molar-refractivity contribution in [3.63, 3.8) is 0 Å². The van der Waals surface area contributed by atoms with Crippen LogP contribution in [0.2, 0.25) is 0 Å². The zero-order valence-corrected chi connectivity index (χ0v) is 17.1.